The zero-order chi connectivity index (χ0) is 18.4. The van der Waals surface area contributed by atoms with Gasteiger partial charge < -0.3 is 14.8 Å². The number of nitrogens with zero attached hydrogens (tertiary/aromatic N) is 3. The number of ether oxygens (including phenoxy) is 2. The van der Waals surface area contributed by atoms with Gasteiger partial charge in [0.1, 0.15) is 30.1 Å². The molecular weight excluding hydrogens is 358 g/mol. The van der Waals surface area contributed by atoms with Gasteiger partial charge in [0.2, 0.25) is 0 Å². The van der Waals surface area contributed by atoms with Gasteiger partial charge in [0.25, 0.3) is 5.91 Å². The van der Waals surface area contributed by atoms with Crippen molar-refractivity contribution in [2.75, 3.05) is 7.11 Å². The minimum atomic E-state index is -0.311. The predicted octanol–water partition coefficient (Wildman–Crippen LogP) is 2.37. The first kappa shape index (κ1) is 17.7. The number of aromatic nitrogens is 4. The zero-order valence-corrected chi connectivity index (χ0v) is 14.7. The molecule has 0 aliphatic rings. The van der Waals surface area contributed by atoms with Crippen molar-refractivity contribution in [3.8, 4) is 11.5 Å². The van der Waals surface area contributed by atoms with Gasteiger partial charge in [-0.15, -0.1) is 0 Å². The molecule has 0 saturated heterocycles. The number of carbonyl (C=O) groups excluding carboxylic acids is 1. The summed E-state index contributed by atoms with van der Waals surface area (Å²) in [6, 6.07) is 8.47. The lowest BCUT2D eigenvalue weighted by atomic mass is 10.3. The summed E-state index contributed by atoms with van der Waals surface area (Å²) in [6.45, 7) is 0.486. The van der Waals surface area contributed by atoms with E-state index in [1.165, 1.54) is 6.33 Å². The monoisotopic (exact) mass is 373 g/mol. The Labute approximate surface area is 154 Å². The van der Waals surface area contributed by atoms with Crippen LogP contribution in [0.4, 0.5) is 0 Å². The Bertz CT molecular complexity index is 885. The molecule has 2 N–H and O–H groups in total. The summed E-state index contributed by atoms with van der Waals surface area (Å²) in [7, 11) is 1.56. The molecule has 0 spiro atoms. The van der Waals surface area contributed by atoms with Crippen LogP contribution in [0.1, 0.15) is 21.9 Å². The molecule has 2 aromatic heterocycles. The fraction of sp³-hybridized carbons (Fsp3) is 0.176. The number of benzene rings is 1. The van der Waals surface area contributed by atoms with Crippen molar-refractivity contribution in [3.63, 3.8) is 0 Å². The van der Waals surface area contributed by atoms with Crippen LogP contribution in [0.15, 0.2) is 42.9 Å². The molecule has 0 saturated carbocycles. The number of hydrogen-bond donors (Lipinski definition) is 2. The Kier molecular flexibility index (Phi) is 5.65. The third-order valence-electron chi connectivity index (χ3n) is 3.46. The number of nitrogens with one attached hydrogen (secondary N) is 2. The maximum absolute atomic E-state index is 12.1. The number of aromatic amines is 1. The molecule has 3 rings (SSSR count). The smallest absolute Gasteiger partial charge is 0.272 e. The van der Waals surface area contributed by atoms with Crippen LogP contribution in [-0.2, 0) is 13.2 Å². The van der Waals surface area contributed by atoms with Gasteiger partial charge in [0.15, 0.2) is 0 Å². The molecule has 8 nitrogen and oxygen atoms in total. The summed E-state index contributed by atoms with van der Waals surface area (Å²) in [4.78, 5) is 20.0. The third kappa shape index (κ3) is 4.48. The number of hydrogen-bond acceptors (Lipinski definition) is 6. The maximum Gasteiger partial charge on any atom is 0.272 e. The lowest BCUT2D eigenvalue weighted by molar-refractivity contribution is 0.0945. The van der Waals surface area contributed by atoms with E-state index >= 15 is 0 Å². The number of halogens is 1. The van der Waals surface area contributed by atoms with Crippen molar-refractivity contribution in [1.29, 1.82) is 0 Å². The highest BCUT2D eigenvalue weighted by Crippen LogP contribution is 2.29. The van der Waals surface area contributed by atoms with E-state index in [2.05, 4.69) is 25.5 Å². The minimum absolute atomic E-state index is 0.193. The number of H-pyrrole nitrogens is 1. The van der Waals surface area contributed by atoms with Crippen LogP contribution in [0.5, 0.6) is 11.5 Å². The van der Waals surface area contributed by atoms with Gasteiger partial charge >= 0.3 is 0 Å². The SMILES string of the molecule is COc1ccc(OCc2cc(C(=O)NCc3ccncn3)n[nH]2)c(Cl)c1. The molecule has 26 heavy (non-hydrogen) atoms. The molecule has 0 aliphatic heterocycles. The number of carbonyl (C=O) groups is 1. The largest absolute Gasteiger partial charge is 0.497 e. The van der Waals surface area contributed by atoms with Gasteiger partial charge in [-0.3, -0.25) is 9.89 Å². The van der Waals surface area contributed by atoms with E-state index in [0.29, 0.717) is 34.5 Å². The van der Waals surface area contributed by atoms with Gasteiger partial charge in [0, 0.05) is 12.3 Å². The van der Waals surface area contributed by atoms with Crippen LogP contribution < -0.4 is 14.8 Å². The molecule has 1 aromatic carbocycles. The maximum atomic E-state index is 12.1. The zero-order valence-electron chi connectivity index (χ0n) is 13.9. The van der Waals surface area contributed by atoms with E-state index in [1.54, 1.807) is 43.6 Å². The van der Waals surface area contributed by atoms with Crippen molar-refractivity contribution in [3.05, 3.63) is 65.0 Å². The van der Waals surface area contributed by atoms with E-state index in [4.69, 9.17) is 21.1 Å². The van der Waals surface area contributed by atoms with E-state index in [9.17, 15) is 4.79 Å². The first-order valence-electron chi connectivity index (χ1n) is 7.69. The van der Waals surface area contributed by atoms with E-state index in [-0.39, 0.29) is 18.2 Å². The predicted molar refractivity (Wildman–Crippen MR) is 94.1 cm³/mol. The van der Waals surface area contributed by atoms with Crippen LogP contribution in [0.2, 0.25) is 5.02 Å². The fourth-order valence-corrected chi connectivity index (χ4v) is 2.34. The van der Waals surface area contributed by atoms with Crippen LogP contribution >= 0.6 is 11.6 Å². The summed E-state index contributed by atoms with van der Waals surface area (Å²) in [5.41, 5.74) is 1.61. The van der Waals surface area contributed by atoms with Gasteiger partial charge in [-0.2, -0.15) is 5.10 Å². The normalized spacial score (nSPS) is 10.4. The highest BCUT2D eigenvalue weighted by Gasteiger charge is 2.11. The second-order valence-corrected chi connectivity index (χ2v) is 5.65. The lowest BCUT2D eigenvalue weighted by Crippen LogP contribution is -2.23. The quantitative estimate of drug-likeness (QED) is 0.659. The van der Waals surface area contributed by atoms with Gasteiger partial charge in [-0.05, 0) is 24.3 Å². The average Bonchev–Trinajstić information content (AvgIpc) is 3.15. The molecular formula is C17H16ClN5O3. The molecule has 1 amide bonds. The molecule has 9 heteroatoms. The molecule has 0 unspecified atom stereocenters. The average molecular weight is 374 g/mol. The van der Waals surface area contributed by atoms with Crippen LogP contribution in [0.3, 0.4) is 0 Å². The number of methoxy groups -OCH3 is 1. The second-order valence-electron chi connectivity index (χ2n) is 5.25. The third-order valence-corrected chi connectivity index (χ3v) is 3.75. The summed E-state index contributed by atoms with van der Waals surface area (Å²) < 4.78 is 10.7. The summed E-state index contributed by atoms with van der Waals surface area (Å²) in [5.74, 6) is 0.844. The molecule has 3 aromatic rings. The lowest BCUT2D eigenvalue weighted by Gasteiger charge is -2.08. The van der Waals surface area contributed by atoms with Gasteiger partial charge in [-0.25, -0.2) is 9.97 Å². The van der Waals surface area contributed by atoms with Gasteiger partial charge in [0.05, 0.1) is 30.1 Å². The highest BCUT2D eigenvalue weighted by atomic mass is 35.5. The molecule has 0 fully saturated rings. The Hall–Kier alpha value is -3.13. The van der Waals surface area contributed by atoms with Crippen molar-refractivity contribution < 1.29 is 14.3 Å². The second kappa shape index (κ2) is 8.30. The molecule has 0 aliphatic carbocycles. The number of amides is 1. The van der Waals surface area contributed by atoms with Gasteiger partial charge in [-0.1, -0.05) is 11.6 Å². The van der Waals surface area contributed by atoms with Crippen molar-refractivity contribution in [1.82, 2.24) is 25.5 Å². The summed E-state index contributed by atoms with van der Waals surface area (Å²) >= 11 is 6.12. The first-order valence-corrected chi connectivity index (χ1v) is 8.07. The van der Waals surface area contributed by atoms with Crippen molar-refractivity contribution >= 4 is 17.5 Å². The summed E-state index contributed by atoms with van der Waals surface area (Å²) in [6.07, 6.45) is 3.04. The standard InChI is InChI=1S/C17H16ClN5O3/c1-25-13-2-3-16(14(18)7-13)26-9-12-6-15(23-22-12)17(24)20-8-11-4-5-19-10-21-11/h2-7,10H,8-9H2,1H3,(H,20,24)(H,22,23). The first-order chi connectivity index (χ1) is 12.7. The van der Waals surface area contributed by atoms with E-state index < -0.39 is 0 Å². The Morgan fingerprint density at radius 3 is 2.92 bits per heavy atom. The number of rotatable bonds is 7. The van der Waals surface area contributed by atoms with Crippen LogP contribution in [-0.4, -0.2) is 33.2 Å². The Morgan fingerprint density at radius 2 is 2.19 bits per heavy atom. The molecule has 0 radical (unpaired) electrons. The summed E-state index contributed by atoms with van der Waals surface area (Å²) in [5, 5.41) is 9.93. The Morgan fingerprint density at radius 1 is 1.31 bits per heavy atom. The van der Waals surface area contributed by atoms with Crippen LogP contribution in [0.25, 0.3) is 0 Å². The highest BCUT2D eigenvalue weighted by molar-refractivity contribution is 6.32. The van der Waals surface area contributed by atoms with E-state index in [0.717, 1.165) is 0 Å². The minimum Gasteiger partial charge on any atom is -0.497 e. The van der Waals surface area contributed by atoms with E-state index in [1.807, 2.05) is 0 Å². The fourth-order valence-electron chi connectivity index (χ4n) is 2.12. The molecule has 0 bridgehead atoms. The van der Waals surface area contributed by atoms with Crippen molar-refractivity contribution in [2.24, 2.45) is 0 Å². The van der Waals surface area contributed by atoms with Crippen LogP contribution in [0, 0.1) is 0 Å². The van der Waals surface area contributed by atoms with Crippen molar-refractivity contribution in [2.45, 2.75) is 13.2 Å². The Balaban J connectivity index is 1.55. The molecule has 2 heterocycles. The topological polar surface area (TPSA) is 102 Å². The molecule has 134 valence electrons. The molecule has 0 atom stereocenters.